The summed E-state index contributed by atoms with van der Waals surface area (Å²) in [5.74, 6) is -2.39. The van der Waals surface area contributed by atoms with Crippen molar-refractivity contribution in [2.45, 2.75) is 38.2 Å². The lowest BCUT2D eigenvalue weighted by Crippen LogP contribution is -2.26. The number of aryl methyl sites for hydroxylation is 1. The van der Waals surface area contributed by atoms with Gasteiger partial charge in [-0.25, -0.2) is 8.78 Å². The molecule has 2 nitrogen and oxygen atoms in total. The Bertz CT molecular complexity index is 582. The molecule has 0 radical (unpaired) electrons. The Hall–Kier alpha value is -1.94. The van der Waals surface area contributed by atoms with E-state index in [2.05, 4.69) is 0 Å². The number of alkyl halides is 2. The molecular formula is C19H23F2NO. The van der Waals surface area contributed by atoms with Crippen LogP contribution in [0.5, 0.6) is 5.75 Å². The van der Waals surface area contributed by atoms with E-state index in [1.165, 1.54) is 0 Å². The van der Waals surface area contributed by atoms with Gasteiger partial charge in [0.15, 0.2) is 6.61 Å². The van der Waals surface area contributed by atoms with Crippen LogP contribution in [0.3, 0.4) is 0 Å². The first-order valence-corrected chi connectivity index (χ1v) is 7.84. The second-order valence-corrected chi connectivity index (χ2v) is 5.96. The summed E-state index contributed by atoms with van der Waals surface area (Å²) >= 11 is 0. The van der Waals surface area contributed by atoms with Crippen molar-refractivity contribution in [3.63, 3.8) is 0 Å². The summed E-state index contributed by atoms with van der Waals surface area (Å²) in [6.07, 6.45) is 0.873. The molecule has 0 unspecified atom stereocenters. The maximum atomic E-state index is 13.9. The van der Waals surface area contributed by atoms with Crippen molar-refractivity contribution < 1.29 is 13.5 Å². The molecule has 0 aliphatic rings. The van der Waals surface area contributed by atoms with Crippen molar-refractivity contribution >= 4 is 0 Å². The van der Waals surface area contributed by atoms with E-state index in [4.69, 9.17) is 10.5 Å². The molecule has 2 aromatic carbocycles. The van der Waals surface area contributed by atoms with Crippen molar-refractivity contribution in [2.24, 2.45) is 5.73 Å². The fourth-order valence-electron chi connectivity index (χ4n) is 2.33. The number of benzene rings is 2. The third kappa shape index (κ3) is 6.37. The number of hydrogen-bond acceptors (Lipinski definition) is 2. The molecule has 0 aliphatic heterocycles. The molecule has 0 spiro atoms. The van der Waals surface area contributed by atoms with Crippen LogP contribution in [0.2, 0.25) is 0 Å². The van der Waals surface area contributed by atoms with Gasteiger partial charge in [-0.15, -0.1) is 0 Å². The molecule has 23 heavy (non-hydrogen) atoms. The van der Waals surface area contributed by atoms with Gasteiger partial charge in [0, 0.05) is 12.5 Å². The van der Waals surface area contributed by atoms with Crippen LogP contribution in [-0.4, -0.2) is 18.6 Å². The molecule has 2 aromatic rings. The Kier molecular flexibility index (Phi) is 6.11. The Morgan fingerprint density at radius 3 is 2.26 bits per heavy atom. The van der Waals surface area contributed by atoms with Crippen molar-refractivity contribution in [3.05, 3.63) is 65.7 Å². The molecule has 1 atom stereocenters. The molecule has 124 valence electrons. The van der Waals surface area contributed by atoms with Gasteiger partial charge in [-0.1, -0.05) is 42.5 Å². The average molecular weight is 319 g/mol. The maximum Gasteiger partial charge on any atom is 0.281 e. The molecular weight excluding hydrogens is 296 g/mol. The first kappa shape index (κ1) is 17.4. The third-order valence-electron chi connectivity index (χ3n) is 3.55. The second kappa shape index (κ2) is 8.06. The van der Waals surface area contributed by atoms with Crippen LogP contribution in [0, 0.1) is 0 Å². The van der Waals surface area contributed by atoms with Gasteiger partial charge >= 0.3 is 0 Å². The molecule has 0 amide bonds. The summed E-state index contributed by atoms with van der Waals surface area (Å²) in [7, 11) is 0. The first-order chi connectivity index (χ1) is 10.9. The van der Waals surface area contributed by atoms with Crippen LogP contribution in [-0.2, 0) is 12.8 Å². The highest BCUT2D eigenvalue weighted by Crippen LogP contribution is 2.23. The molecule has 0 fully saturated rings. The van der Waals surface area contributed by atoms with Gasteiger partial charge in [0.1, 0.15) is 5.75 Å². The molecule has 0 aliphatic carbocycles. The van der Waals surface area contributed by atoms with Gasteiger partial charge in [-0.2, -0.15) is 0 Å². The number of nitrogens with two attached hydrogens (primary N) is 1. The molecule has 4 heteroatoms. The number of hydrogen-bond donors (Lipinski definition) is 1. The lowest BCUT2D eigenvalue weighted by molar-refractivity contribution is -0.0473. The Labute approximate surface area is 136 Å². The molecule has 0 heterocycles. The van der Waals surface area contributed by atoms with Gasteiger partial charge in [-0.3, -0.25) is 0 Å². The van der Waals surface area contributed by atoms with Crippen LogP contribution in [0.1, 0.15) is 24.5 Å². The lowest BCUT2D eigenvalue weighted by Gasteiger charge is -2.17. The Balaban J connectivity index is 1.81. The number of ether oxygens (including phenoxy) is 1. The van der Waals surface area contributed by atoms with E-state index in [0.29, 0.717) is 12.2 Å². The monoisotopic (exact) mass is 319 g/mol. The average Bonchev–Trinajstić information content (AvgIpc) is 2.53. The first-order valence-electron chi connectivity index (χ1n) is 7.84. The van der Waals surface area contributed by atoms with Crippen LogP contribution >= 0.6 is 0 Å². The van der Waals surface area contributed by atoms with Crippen LogP contribution in [0.15, 0.2) is 54.6 Å². The molecule has 0 saturated carbocycles. The van der Waals surface area contributed by atoms with Gasteiger partial charge in [0.25, 0.3) is 5.92 Å². The highest BCUT2D eigenvalue weighted by molar-refractivity contribution is 5.27. The van der Waals surface area contributed by atoms with Crippen molar-refractivity contribution in [1.82, 2.24) is 0 Å². The normalized spacial score (nSPS) is 12.9. The summed E-state index contributed by atoms with van der Waals surface area (Å²) in [4.78, 5) is 0. The molecule has 0 aromatic heterocycles. The van der Waals surface area contributed by atoms with E-state index in [0.717, 1.165) is 17.5 Å². The predicted octanol–water partition coefficient (Wildman–Crippen LogP) is 4.22. The fraction of sp³-hybridized carbons (Fsp3) is 0.368. The summed E-state index contributed by atoms with van der Waals surface area (Å²) in [5, 5.41) is 0. The zero-order valence-electron chi connectivity index (χ0n) is 13.3. The standard InChI is InChI=1S/C19H23F2NO/c1-15(22)13-17-7-9-18(10-8-17)23-14-19(20,21)12-11-16-5-3-2-4-6-16/h2-10,15H,11-14,22H2,1H3/t15-/m0/s1. The number of rotatable bonds is 8. The minimum absolute atomic E-state index is 0.0732. The summed E-state index contributed by atoms with van der Waals surface area (Å²) in [6, 6.07) is 16.5. The molecule has 0 bridgehead atoms. The van der Waals surface area contributed by atoms with Gasteiger partial charge < -0.3 is 10.5 Å². The van der Waals surface area contributed by atoms with Crippen molar-refractivity contribution in [2.75, 3.05) is 6.61 Å². The highest BCUT2D eigenvalue weighted by atomic mass is 19.3. The highest BCUT2D eigenvalue weighted by Gasteiger charge is 2.29. The topological polar surface area (TPSA) is 35.2 Å². The van der Waals surface area contributed by atoms with E-state index in [-0.39, 0.29) is 12.5 Å². The summed E-state index contributed by atoms with van der Waals surface area (Å²) in [6.45, 7) is 1.32. The molecule has 2 N–H and O–H groups in total. The summed E-state index contributed by atoms with van der Waals surface area (Å²) < 4.78 is 33.0. The zero-order chi connectivity index (χ0) is 16.7. The van der Waals surface area contributed by atoms with E-state index in [1.807, 2.05) is 49.4 Å². The third-order valence-corrected chi connectivity index (χ3v) is 3.55. The van der Waals surface area contributed by atoms with Gasteiger partial charge in [0.2, 0.25) is 0 Å². The van der Waals surface area contributed by atoms with Gasteiger partial charge in [-0.05, 0) is 43.0 Å². The minimum atomic E-state index is -2.85. The smallest absolute Gasteiger partial charge is 0.281 e. The maximum absolute atomic E-state index is 13.9. The quantitative estimate of drug-likeness (QED) is 0.790. The van der Waals surface area contributed by atoms with E-state index < -0.39 is 12.5 Å². The SMILES string of the molecule is C[C@H](N)Cc1ccc(OCC(F)(F)CCc2ccccc2)cc1. The molecule has 0 saturated heterocycles. The largest absolute Gasteiger partial charge is 0.487 e. The second-order valence-electron chi connectivity index (χ2n) is 5.96. The van der Waals surface area contributed by atoms with Crippen LogP contribution < -0.4 is 10.5 Å². The van der Waals surface area contributed by atoms with Crippen molar-refractivity contribution in [1.29, 1.82) is 0 Å². The van der Waals surface area contributed by atoms with Crippen LogP contribution in [0.4, 0.5) is 8.78 Å². The lowest BCUT2D eigenvalue weighted by atomic mass is 10.1. The van der Waals surface area contributed by atoms with Crippen molar-refractivity contribution in [3.8, 4) is 5.75 Å². The summed E-state index contributed by atoms with van der Waals surface area (Å²) in [5.41, 5.74) is 7.71. The van der Waals surface area contributed by atoms with E-state index in [9.17, 15) is 8.78 Å². The fourth-order valence-corrected chi connectivity index (χ4v) is 2.33. The minimum Gasteiger partial charge on any atom is -0.487 e. The zero-order valence-corrected chi connectivity index (χ0v) is 13.3. The number of halogens is 2. The van der Waals surface area contributed by atoms with Crippen LogP contribution in [0.25, 0.3) is 0 Å². The Morgan fingerprint density at radius 1 is 1.00 bits per heavy atom. The van der Waals surface area contributed by atoms with Gasteiger partial charge in [0.05, 0.1) is 0 Å². The molecule has 2 rings (SSSR count). The predicted molar refractivity (Wildman–Crippen MR) is 89.0 cm³/mol. The van der Waals surface area contributed by atoms with E-state index in [1.54, 1.807) is 12.1 Å². The Morgan fingerprint density at radius 2 is 1.65 bits per heavy atom. The van der Waals surface area contributed by atoms with E-state index >= 15 is 0 Å².